The van der Waals surface area contributed by atoms with Gasteiger partial charge in [0.05, 0.1) is 11.6 Å². The molecule has 5 rings (SSSR count). The molecule has 2 fully saturated rings. The van der Waals surface area contributed by atoms with Crippen LogP contribution in [0.1, 0.15) is 41.3 Å². The summed E-state index contributed by atoms with van der Waals surface area (Å²) in [6.45, 7) is 8.71. The lowest BCUT2D eigenvalue weighted by Gasteiger charge is -2.40. The molecule has 4 heterocycles. The Bertz CT molecular complexity index is 1340. The van der Waals surface area contributed by atoms with E-state index in [0.717, 1.165) is 68.0 Å². The van der Waals surface area contributed by atoms with Crippen molar-refractivity contribution in [2.75, 3.05) is 56.5 Å². The topological polar surface area (TPSA) is 77.5 Å². The molecule has 0 aliphatic carbocycles. The van der Waals surface area contributed by atoms with Crippen molar-refractivity contribution in [3.8, 4) is 11.1 Å². The molecule has 2 aromatic heterocycles. The molecule has 0 bridgehead atoms. The van der Waals surface area contributed by atoms with Crippen LogP contribution in [-0.2, 0) is 6.18 Å². The van der Waals surface area contributed by atoms with Crippen molar-refractivity contribution >= 4 is 17.7 Å². The highest BCUT2D eigenvalue weighted by molar-refractivity contribution is 6.01. The third-order valence-electron chi connectivity index (χ3n) is 8.10. The number of rotatable bonds is 6. The molecule has 2 atom stereocenters. The van der Waals surface area contributed by atoms with Crippen LogP contribution in [0.25, 0.3) is 11.1 Å². The van der Waals surface area contributed by atoms with E-state index >= 15 is 0 Å². The standard InChI is InChI=1S/C30H36F3N7O/c1-20-6-8-24(22-16-36-29(37-17-22)39-13-11-38(3)12-14-39)25(15-20)28(41)40-10-4-5-21(2)26(40)19-35-27-9-7-23(18-34-27)30(31,32)33/h6-9,15-18,21,26H,4-5,10-14,19H2,1-3H3,(H,34,35)/t21-,26-/m0/s1. The van der Waals surface area contributed by atoms with E-state index in [0.29, 0.717) is 30.4 Å². The fraction of sp³-hybridized carbons (Fsp3) is 0.467. The Morgan fingerprint density at radius 2 is 1.73 bits per heavy atom. The SMILES string of the molecule is Cc1ccc(-c2cnc(N3CCN(C)CC3)nc2)c(C(=O)N2CCC[C@H](C)[C@@H]2CNc2ccc(C(F)(F)F)cn2)c1. The first kappa shape index (κ1) is 28.8. The minimum atomic E-state index is -4.44. The number of likely N-dealkylation sites (tertiary alicyclic amines) is 1. The van der Waals surface area contributed by atoms with Crippen molar-refractivity contribution < 1.29 is 18.0 Å². The highest BCUT2D eigenvalue weighted by Gasteiger charge is 2.34. The largest absolute Gasteiger partial charge is 0.417 e. The number of carbonyl (C=O) groups excluding carboxylic acids is 1. The minimum absolute atomic E-state index is 0.0782. The van der Waals surface area contributed by atoms with E-state index in [2.05, 4.69) is 44.0 Å². The molecule has 1 aromatic carbocycles. The number of halogens is 3. The van der Waals surface area contributed by atoms with E-state index in [4.69, 9.17) is 0 Å². The predicted octanol–water partition coefficient (Wildman–Crippen LogP) is 4.97. The molecule has 0 spiro atoms. The van der Waals surface area contributed by atoms with Gasteiger partial charge in [0.25, 0.3) is 5.91 Å². The number of aromatic nitrogens is 3. The zero-order valence-corrected chi connectivity index (χ0v) is 23.7. The number of alkyl halides is 3. The maximum atomic E-state index is 14.1. The summed E-state index contributed by atoms with van der Waals surface area (Å²) in [6, 6.07) is 8.03. The summed E-state index contributed by atoms with van der Waals surface area (Å²) in [4.78, 5) is 33.7. The Hall–Kier alpha value is -3.73. The highest BCUT2D eigenvalue weighted by atomic mass is 19.4. The minimum Gasteiger partial charge on any atom is -0.368 e. The van der Waals surface area contributed by atoms with Gasteiger partial charge in [-0.1, -0.05) is 24.6 Å². The highest BCUT2D eigenvalue weighted by Crippen LogP contribution is 2.31. The molecule has 0 unspecified atom stereocenters. The number of amides is 1. The van der Waals surface area contributed by atoms with Gasteiger partial charge in [-0.05, 0) is 56.5 Å². The average Bonchev–Trinajstić information content (AvgIpc) is 2.96. The van der Waals surface area contributed by atoms with Crippen LogP contribution in [0.4, 0.5) is 24.9 Å². The number of aryl methyl sites for hydroxylation is 1. The van der Waals surface area contributed by atoms with E-state index in [1.54, 1.807) is 12.4 Å². The van der Waals surface area contributed by atoms with E-state index in [-0.39, 0.29) is 17.9 Å². The van der Waals surface area contributed by atoms with Gasteiger partial charge in [0.15, 0.2) is 0 Å². The first-order valence-electron chi connectivity index (χ1n) is 14.0. The number of nitrogens with one attached hydrogen (secondary N) is 1. The van der Waals surface area contributed by atoms with Crippen LogP contribution >= 0.6 is 0 Å². The third kappa shape index (κ3) is 6.61. The van der Waals surface area contributed by atoms with Crippen LogP contribution in [0.5, 0.6) is 0 Å². The fourth-order valence-electron chi connectivity index (χ4n) is 5.56. The zero-order chi connectivity index (χ0) is 29.1. The van der Waals surface area contributed by atoms with Crippen molar-refractivity contribution in [3.05, 3.63) is 65.6 Å². The lowest BCUT2D eigenvalue weighted by molar-refractivity contribution is -0.137. The molecular formula is C30H36F3N7O. The van der Waals surface area contributed by atoms with Crippen LogP contribution in [0.3, 0.4) is 0 Å². The summed E-state index contributed by atoms with van der Waals surface area (Å²) in [5.74, 6) is 1.16. The van der Waals surface area contributed by atoms with Gasteiger partial charge >= 0.3 is 6.18 Å². The van der Waals surface area contributed by atoms with Crippen molar-refractivity contribution in [2.45, 2.75) is 38.9 Å². The number of piperidine rings is 1. The second-order valence-electron chi connectivity index (χ2n) is 11.1. The Balaban J connectivity index is 1.35. The molecule has 1 amide bonds. The Morgan fingerprint density at radius 3 is 2.39 bits per heavy atom. The van der Waals surface area contributed by atoms with Crippen molar-refractivity contribution in [3.63, 3.8) is 0 Å². The smallest absolute Gasteiger partial charge is 0.368 e. The molecule has 0 radical (unpaired) electrons. The number of hydrogen-bond acceptors (Lipinski definition) is 7. The summed E-state index contributed by atoms with van der Waals surface area (Å²) >= 11 is 0. The van der Waals surface area contributed by atoms with Gasteiger partial charge in [0.2, 0.25) is 5.95 Å². The normalized spacial score (nSPS) is 20.2. The second-order valence-corrected chi connectivity index (χ2v) is 11.1. The maximum absolute atomic E-state index is 14.1. The Labute approximate surface area is 238 Å². The number of likely N-dealkylation sites (N-methyl/N-ethyl adjacent to an activating group) is 1. The number of carbonyl (C=O) groups is 1. The van der Waals surface area contributed by atoms with Gasteiger partial charge < -0.3 is 20.0 Å². The summed E-state index contributed by atoms with van der Waals surface area (Å²) in [5.41, 5.74) is 2.33. The molecule has 3 aromatic rings. The Kier molecular flexibility index (Phi) is 8.44. The quantitative estimate of drug-likeness (QED) is 0.451. The van der Waals surface area contributed by atoms with E-state index in [1.165, 1.54) is 6.07 Å². The molecule has 8 nitrogen and oxygen atoms in total. The van der Waals surface area contributed by atoms with Crippen molar-refractivity contribution in [1.82, 2.24) is 24.8 Å². The first-order chi connectivity index (χ1) is 19.6. The van der Waals surface area contributed by atoms with Crippen molar-refractivity contribution in [1.29, 1.82) is 0 Å². The van der Waals surface area contributed by atoms with Crippen LogP contribution in [-0.4, -0.2) is 83.0 Å². The summed E-state index contributed by atoms with van der Waals surface area (Å²) in [7, 11) is 2.10. The Morgan fingerprint density at radius 1 is 1.00 bits per heavy atom. The lowest BCUT2D eigenvalue weighted by Crippen LogP contribution is -2.51. The van der Waals surface area contributed by atoms with Gasteiger partial charge in [0.1, 0.15) is 5.82 Å². The molecule has 1 N–H and O–H groups in total. The van der Waals surface area contributed by atoms with Crippen LogP contribution in [0.2, 0.25) is 0 Å². The molecule has 0 saturated carbocycles. The molecule has 2 saturated heterocycles. The van der Waals surface area contributed by atoms with Gasteiger partial charge in [-0.3, -0.25) is 4.79 Å². The van der Waals surface area contributed by atoms with Gasteiger partial charge in [-0.25, -0.2) is 15.0 Å². The number of hydrogen-bond donors (Lipinski definition) is 1. The van der Waals surface area contributed by atoms with E-state index in [9.17, 15) is 18.0 Å². The number of benzene rings is 1. The maximum Gasteiger partial charge on any atom is 0.417 e. The summed E-state index contributed by atoms with van der Waals surface area (Å²) in [5, 5.41) is 3.16. The first-order valence-corrected chi connectivity index (χ1v) is 14.0. The van der Waals surface area contributed by atoms with Crippen LogP contribution in [0, 0.1) is 12.8 Å². The summed E-state index contributed by atoms with van der Waals surface area (Å²) in [6.07, 6.45) is 1.80. The van der Waals surface area contributed by atoms with Gasteiger partial charge in [-0.2, -0.15) is 13.2 Å². The van der Waals surface area contributed by atoms with E-state index < -0.39 is 11.7 Å². The molecule has 2 aliphatic heterocycles. The molecule has 41 heavy (non-hydrogen) atoms. The molecule has 11 heteroatoms. The van der Waals surface area contributed by atoms with E-state index in [1.807, 2.05) is 30.0 Å². The molecule has 218 valence electrons. The average molecular weight is 568 g/mol. The third-order valence-corrected chi connectivity index (χ3v) is 8.10. The second kappa shape index (κ2) is 12.0. The predicted molar refractivity (Wildman–Crippen MR) is 153 cm³/mol. The number of piperazine rings is 1. The lowest BCUT2D eigenvalue weighted by atomic mass is 9.89. The molecule has 2 aliphatic rings. The van der Waals surface area contributed by atoms with Crippen LogP contribution < -0.4 is 10.2 Å². The van der Waals surface area contributed by atoms with Gasteiger partial charge in [0, 0.05) is 69.0 Å². The van der Waals surface area contributed by atoms with Crippen LogP contribution in [0.15, 0.2) is 48.9 Å². The molecular weight excluding hydrogens is 531 g/mol. The monoisotopic (exact) mass is 567 g/mol. The fourth-order valence-corrected chi connectivity index (χ4v) is 5.56. The number of nitrogens with zero attached hydrogens (tertiary/aromatic N) is 6. The summed E-state index contributed by atoms with van der Waals surface area (Å²) < 4.78 is 38.8. The zero-order valence-electron chi connectivity index (χ0n) is 23.7. The number of pyridine rings is 1. The van der Waals surface area contributed by atoms with Crippen molar-refractivity contribution in [2.24, 2.45) is 5.92 Å². The van der Waals surface area contributed by atoms with Gasteiger partial charge in [-0.15, -0.1) is 0 Å². The number of anilines is 2.